The fraction of sp³-hybridized carbons (Fsp3) is 0.357. The highest BCUT2D eigenvalue weighted by molar-refractivity contribution is 9.10. The largest absolute Gasteiger partial charge is 0.326 e. The van der Waals surface area contributed by atoms with E-state index in [0.717, 1.165) is 28.8 Å². The van der Waals surface area contributed by atoms with Crippen LogP contribution in [-0.4, -0.2) is 16.9 Å². The van der Waals surface area contributed by atoms with Gasteiger partial charge >= 0.3 is 0 Å². The number of aryl methyl sites for hydroxylation is 1. The Labute approximate surface area is 126 Å². The third-order valence-corrected chi connectivity index (χ3v) is 4.71. The number of benzene rings is 1. The maximum atomic E-state index is 5.64. The van der Waals surface area contributed by atoms with Crippen LogP contribution in [0.2, 0.25) is 0 Å². The van der Waals surface area contributed by atoms with Crippen molar-refractivity contribution >= 4 is 27.3 Å². The Morgan fingerprint density at radius 2 is 2.16 bits per heavy atom. The van der Waals surface area contributed by atoms with Crippen molar-refractivity contribution in [3.63, 3.8) is 0 Å². The van der Waals surface area contributed by atoms with Crippen molar-refractivity contribution in [1.29, 1.82) is 0 Å². The number of hydrogen-bond donors (Lipinski definition) is 1. The Morgan fingerprint density at radius 3 is 2.74 bits per heavy atom. The molecule has 0 saturated carbocycles. The summed E-state index contributed by atoms with van der Waals surface area (Å²) in [6.07, 6.45) is 0. The van der Waals surface area contributed by atoms with Crippen LogP contribution in [-0.2, 0) is 19.6 Å². The van der Waals surface area contributed by atoms with Gasteiger partial charge in [0.25, 0.3) is 0 Å². The van der Waals surface area contributed by atoms with E-state index in [1.807, 2.05) is 5.51 Å². The first kappa shape index (κ1) is 14.7. The van der Waals surface area contributed by atoms with E-state index >= 15 is 0 Å². The van der Waals surface area contributed by atoms with Crippen molar-refractivity contribution in [3.8, 4) is 0 Å². The monoisotopic (exact) mass is 339 g/mol. The number of halogens is 1. The van der Waals surface area contributed by atoms with Crippen molar-refractivity contribution < 1.29 is 0 Å². The zero-order chi connectivity index (χ0) is 13.8. The number of rotatable bonds is 5. The summed E-state index contributed by atoms with van der Waals surface area (Å²) in [5, 5.41) is 0. The fourth-order valence-electron chi connectivity index (χ4n) is 1.92. The summed E-state index contributed by atoms with van der Waals surface area (Å²) in [4.78, 5) is 7.91. The molecule has 2 N–H and O–H groups in total. The van der Waals surface area contributed by atoms with E-state index in [9.17, 15) is 0 Å². The quantitative estimate of drug-likeness (QED) is 0.908. The molecule has 19 heavy (non-hydrogen) atoms. The fourth-order valence-corrected chi connectivity index (χ4v) is 3.32. The second-order valence-electron chi connectivity index (χ2n) is 4.66. The molecule has 2 rings (SSSR count). The first-order chi connectivity index (χ1) is 9.10. The summed E-state index contributed by atoms with van der Waals surface area (Å²) in [7, 11) is 2.13. The van der Waals surface area contributed by atoms with E-state index in [1.165, 1.54) is 10.4 Å². The van der Waals surface area contributed by atoms with Gasteiger partial charge in [0, 0.05) is 29.0 Å². The number of aromatic nitrogens is 1. The van der Waals surface area contributed by atoms with E-state index in [-0.39, 0.29) is 0 Å². The first-order valence-corrected chi connectivity index (χ1v) is 7.82. The van der Waals surface area contributed by atoms with Crippen molar-refractivity contribution in [2.24, 2.45) is 5.73 Å². The number of hydrogen-bond acceptors (Lipinski definition) is 4. The van der Waals surface area contributed by atoms with Crippen LogP contribution in [0, 0.1) is 6.92 Å². The molecule has 0 fully saturated rings. The molecule has 0 saturated heterocycles. The second kappa shape index (κ2) is 6.61. The molecule has 0 spiro atoms. The highest BCUT2D eigenvalue weighted by Gasteiger charge is 2.08. The zero-order valence-corrected chi connectivity index (χ0v) is 13.6. The van der Waals surface area contributed by atoms with Crippen LogP contribution in [0.25, 0.3) is 0 Å². The molecule has 5 heteroatoms. The Balaban J connectivity index is 2.03. The maximum absolute atomic E-state index is 5.64. The average Bonchev–Trinajstić information content (AvgIpc) is 2.77. The molecular formula is C14H18BrN3S. The van der Waals surface area contributed by atoms with Crippen LogP contribution in [0.5, 0.6) is 0 Å². The summed E-state index contributed by atoms with van der Waals surface area (Å²) < 4.78 is 1.13. The molecule has 0 aliphatic carbocycles. The van der Waals surface area contributed by atoms with Gasteiger partial charge < -0.3 is 5.73 Å². The van der Waals surface area contributed by atoms with Crippen LogP contribution >= 0.6 is 27.3 Å². The molecule has 1 aromatic carbocycles. The minimum atomic E-state index is 0.578. The van der Waals surface area contributed by atoms with Crippen molar-refractivity contribution in [1.82, 2.24) is 9.88 Å². The molecule has 0 aliphatic rings. The van der Waals surface area contributed by atoms with E-state index in [4.69, 9.17) is 5.73 Å². The van der Waals surface area contributed by atoms with Gasteiger partial charge in [0.05, 0.1) is 11.2 Å². The Hall–Kier alpha value is -0.750. The maximum Gasteiger partial charge on any atom is 0.0798 e. The van der Waals surface area contributed by atoms with Crippen molar-refractivity contribution in [3.05, 3.63) is 49.9 Å². The molecule has 0 amide bonds. The standard InChI is InChI=1S/C14H18BrN3S/c1-10-14(19-9-17-10)8-18(2)7-12-4-3-11(6-16)5-13(12)15/h3-5,9H,6-8,16H2,1-2H3. The smallest absolute Gasteiger partial charge is 0.0798 e. The zero-order valence-electron chi connectivity index (χ0n) is 11.2. The number of nitrogens with zero attached hydrogens (tertiary/aromatic N) is 2. The highest BCUT2D eigenvalue weighted by atomic mass is 79.9. The summed E-state index contributed by atoms with van der Waals surface area (Å²) in [5.41, 5.74) is 11.1. The van der Waals surface area contributed by atoms with Gasteiger partial charge in [-0.2, -0.15) is 0 Å². The van der Waals surface area contributed by atoms with Crippen molar-refractivity contribution in [2.45, 2.75) is 26.6 Å². The normalized spacial score (nSPS) is 11.2. The van der Waals surface area contributed by atoms with Gasteiger partial charge in [0.1, 0.15) is 0 Å². The SMILES string of the molecule is Cc1ncsc1CN(C)Cc1ccc(CN)cc1Br. The van der Waals surface area contributed by atoms with E-state index in [2.05, 4.69) is 58.0 Å². The van der Waals surface area contributed by atoms with E-state index < -0.39 is 0 Å². The summed E-state index contributed by atoms with van der Waals surface area (Å²) in [5.74, 6) is 0. The summed E-state index contributed by atoms with van der Waals surface area (Å²) in [6, 6.07) is 6.33. The molecule has 0 bridgehead atoms. The average molecular weight is 340 g/mol. The molecule has 3 nitrogen and oxygen atoms in total. The van der Waals surface area contributed by atoms with Crippen LogP contribution in [0.3, 0.4) is 0 Å². The third kappa shape index (κ3) is 3.86. The van der Waals surface area contributed by atoms with Crippen LogP contribution in [0.15, 0.2) is 28.2 Å². The molecular weight excluding hydrogens is 322 g/mol. The van der Waals surface area contributed by atoms with E-state index in [1.54, 1.807) is 11.3 Å². The molecule has 2 aromatic rings. The van der Waals surface area contributed by atoms with Gasteiger partial charge in [-0.05, 0) is 31.2 Å². The van der Waals surface area contributed by atoms with Crippen molar-refractivity contribution in [2.75, 3.05) is 7.05 Å². The van der Waals surface area contributed by atoms with Crippen LogP contribution in [0.4, 0.5) is 0 Å². The molecule has 0 aliphatic heterocycles. The van der Waals surface area contributed by atoms with Crippen LogP contribution in [0.1, 0.15) is 21.7 Å². The minimum absolute atomic E-state index is 0.578. The molecule has 102 valence electrons. The summed E-state index contributed by atoms with van der Waals surface area (Å²) in [6.45, 7) is 4.48. The predicted molar refractivity (Wildman–Crippen MR) is 84.1 cm³/mol. The minimum Gasteiger partial charge on any atom is -0.326 e. The van der Waals surface area contributed by atoms with Crippen LogP contribution < -0.4 is 5.73 Å². The Kier molecular flexibility index (Phi) is 5.10. The molecule has 0 unspecified atom stereocenters. The predicted octanol–water partition coefficient (Wildman–Crippen LogP) is 3.30. The van der Waals surface area contributed by atoms with Gasteiger partial charge in [-0.1, -0.05) is 28.1 Å². The Bertz CT molecular complexity index is 553. The summed E-state index contributed by atoms with van der Waals surface area (Å²) >= 11 is 5.33. The molecule has 1 aromatic heterocycles. The highest BCUT2D eigenvalue weighted by Crippen LogP contribution is 2.21. The molecule has 1 heterocycles. The Morgan fingerprint density at radius 1 is 1.37 bits per heavy atom. The molecule has 0 radical (unpaired) electrons. The van der Waals surface area contributed by atoms with Gasteiger partial charge in [-0.25, -0.2) is 4.98 Å². The molecule has 0 atom stereocenters. The first-order valence-electron chi connectivity index (χ1n) is 6.15. The van der Waals surface area contributed by atoms with Gasteiger partial charge in [0.15, 0.2) is 0 Å². The van der Waals surface area contributed by atoms with Gasteiger partial charge in [0.2, 0.25) is 0 Å². The second-order valence-corrected chi connectivity index (χ2v) is 6.46. The lowest BCUT2D eigenvalue weighted by Gasteiger charge is -2.17. The lowest BCUT2D eigenvalue weighted by Crippen LogP contribution is -2.17. The lowest BCUT2D eigenvalue weighted by molar-refractivity contribution is 0.320. The van der Waals surface area contributed by atoms with Gasteiger partial charge in [-0.15, -0.1) is 11.3 Å². The number of thiazole rings is 1. The van der Waals surface area contributed by atoms with Gasteiger partial charge in [-0.3, -0.25) is 4.90 Å². The lowest BCUT2D eigenvalue weighted by atomic mass is 10.1. The topological polar surface area (TPSA) is 42.2 Å². The number of nitrogens with two attached hydrogens (primary N) is 1. The van der Waals surface area contributed by atoms with E-state index in [0.29, 0.717) is 6.54 Å². The third-order valence-electron chi connectivity index (χ3n) is 3.05.